The Hall–Kier alpha value is -7.50. The molecular weight excluding hydrogens is 709 g/mol. The molecule has 1 atom stereocenters. The summed E-state index contributed by atoms with van der Waals surface area (Å²) >= 11 is 0. The second-order valence-corrected chi connectivity index (χ2v) is 15.9. The molecule has 0 spiro atoms. The predicted molar refractivity (Wildman–Crippen MR) is 238 cm³/mol. The number of furan rings is 1. The monoisotopic (exact) mass is 740 g/mol. The summed E-state index contributed by atoms with van der Waals surface area (Å²) in [4.78, 5) is 11.3. The zero-order valence-corrected chi connectivity index (χ0v) is 31.3. The van der Waals surface area contributed by atoms with Crippen LogP contribution in [0.25, 0.3) is 110 Å². The minimum Gasteiger partial charge on any atom is -0.450 e. The summed E-state index contributed by atoms with van der Waals surface area (Å²) in [6.07, 6.45) is 1.77. The highest BCUT2D eigenvalue weighted by Gasteiger charge is 2.33. The first kappa shape index (κ1) is 30.7. The van der Waals surface area contributed by atoms with Crippen molar-refractivity contribution < 1.29 is 4.42 Å². The van der Waals surface area contributed by atoms with Gasteiger partial charge >= 0.3 is 0 Å². The van der Waals surface area contributed by atoms with E-state index in [0.29, 0.717) is 5.58 Å². The van der Waals surface area contributed by atoms with E-state index in [4.69, 9.17) is 14.4 Å². The number of hydrogen-bond donors (Lipinski definition) is 0. The van der Waals surface area contributed by atoms with Crippen LogP contribution in [0.1, 0.15) is 29.3 Å². The summed E-state index contributed by atoms with van der Waals surface area (Å²) in [6.45, 7) is 0. The van der Waals surface area contributed by atoms with Gasteiger partial charge in [0, 0.05) is 49.0 Å². The van der Waals surface area contributed by atoms with Gasteiger partial charge in [-0.25, -0.2) is 9.97 Å². The number of benzene rings is 8. The number of aromatic nitrogens is 4. The molecule has 0 bridgehead atoms. The Bertz CT molecular complexity index is 3830. The maximum Gasteiger partial charge on any atom is 0.197 e. The highest BCUT2D eigenvalue weighted by atomic mass is 16.3. The summed E-state index contributed by atoms with van der Waals surface area (Å²) in [5, 5.41) is 11.0. The minimum absolute atomic E-state index is 0.110. The van der Waals surface area contributed by atoms with E-state index in [1.807, 2.05) is 12.1 Å². The van der Waals surface area contributed by atoms with Crippen molar-refractivity contribution in [2.24, 2.45) is 0 Å². The van der Waals surface area contributed by atoms with E-state index < -0.39 is 0 Å². The van der Waals surface area contributed by atoms with E-state index in [2.05, 4.69) is 161 Å². The number of fused-ring (bicyclic) bond motifs is 18. The molecule has 5 heterocycles. The van der Waals surface area contributed by atoms with Gasteiger partial charge in [0.2, 0.25) is 0 Å². The Morgan fingerprint density at radius 1 is 0.517 bits per heavy atom. The molecule has 1 unspecified atom stereocenters. The topological polar surface area (TPSA) is 48.3 Å². The summed E-state index contributed by atoms with van der Waals surface area (Å²) < 4.78 is 11.6. The third kappa shape index (κ3) is 3.85. The summed E-state index contributed by atoms with van der Waals surface area (Å²) in [5.74, 6) is 1.48. The van der Waals surface area contributed by atoms with Crippen LogP contribution in [-0.4, -0.2) is 18.9 Å². The molecular formula is C53H32N4O. The fourth-order valence-corrected chi connectivity index (χ4v) is 10.7. The molecule has 0 radical (unpaired) electrons. The SMILES string of the molecule is c1ccc2c(c1)CCC(c1nc(-n3c4ccccc4c4ccccc43)c3oc4ccccc4c3n1)c1c-2cc2c3ccc4ccccc4c3n3c4ccccc4c1c23. The van der Waals surface area contributed by atoms with Crippen molar-refractivity contribution >= 4 is 92.7 Å². The Morgan fingerprint density at radius 2 is 1.19 bits per heavy atom. The first-order valence-corrected chi connectivity index (χ1v) is 20.2. The molecule has 0 saturated carbocycles. The Kier molecular flexibility index (Phi) is 5.86. The van der Waals surface area contributed by atoms with Crippen LogP contribution in [0, 0.1) is 0 Å². The standard InChI is InChI=1S/C53H32N4O/c1-3-15-32-30(13-1)26-28-39(46-40(32)29-41-36-27-25-31-14-2-4-16-33(31)49(36)57-44-23-11-7-19-37(44)47(46)50(41)57)52-54-48-38-20-8-12-24-45(38)58-51(48)53(55-52)56-42-21-9-5-17-34(42)35-18-6-10-22-43(35)56/h1-25,27,29,39H,26,28H2. The lowest BCUT2D eigenvalue weighted by atomic mass is 9.85. The van der Waals surface area contributed by atoms with Gasteiger partial charge in [0.25, 0.3) is 0 Å². The number of rotatable bonds is 2. The first-order valence-electron chi connectivity index (χ1n) is 20.2. The van der Waals surface area contributed by atoms with Gasteiger partial charge in [-0.2, -0.15) is 0 Å². The highest BCUT2D eigenvalue weighted by Crippen LogP contribution is 2.52. The average molecular weight is 741 g/mol. The fraction of sp³-hybridized carbons (Fsp3) is 0.0566. The minimum atomic E-state index is -0.110. The lowest BCUT2D eigenvalue weighted by Crippen LogP contribution is -2.11. The van der Waals surface area contributed by atoms with Crippen molar-refractivity contribution in [3.63, 3.8) is 0 Å². The van der Waals surface area contributed by atoms with E-state index in [1.165, 1.54) is 81.9 Å². The van der Waals surface area contributed by atoms with Gasteiger partial charge in [-0.1, -0.05) is 127 Å². The molecule has 5 heteroatoms. The van der Waals surface area contributed by atoms with Gasteiger partial charge in [-0.15, -0.1) is 0 Å². The van der Waals surface area contributed by atoms with E-state index in [9.17, 15) is 0 Å². The third-order valence-corrected chi connectivity index (χ3v) is 13.1. The molecule has 5 nitrogen and oxygen atoms in total. The average Bonchev–Trinajstić information content (AvgIpc) is 3.99. The quantitative estimate of drug-likeness (QED) is 0.177. The molecule has 5 aromatic heterocycles. The number of nitrogens with zero attached hydrogens (tertiary/aromatic N) is 4. The predicted octanol–water partition coefficient (Wildman–Crippen LogP) is 13.5. The maximum absolute atomic E-state index is 6.77. The Balaban J connectivity index is 1.16. The van der Waals surface area contributed by atoms with Crippen LogP contribution in [0.2, 0.25) is 0 Å². The molecule has 1 aliphatic rings. The molecule has 270 valence electrons. The van der Waals surface area contributed by atoms with Crippen LogP contribution in [0.3, 0.4) is 0 Å². The molecule has 8 aromatic carbocycles. The smallest absolute Gasteiger partial charge is 0.197 e. The van der Waals surface area contributed by atoms with Crippen molar-refractivity contribution in [2.75, 3.05) is 0 Å². The van der Waals surface area contributed by atoms with Crippen LogP contribution in [0.15, 0.2) is 168 Å². The van der Waals surface area contributed by atoms with Crippen LogP contribution in [-0.2, 0) is 6.42 Å². The number of para-hydroxylation sites is 4. The van der Waals surface area contributed by atoms with Gasteiger partial charge in [0.1, 0.15) is 16.9 Å². The van der Waals surface area contributed by atoms with Gasteiger partial charge in [0.15, 0.2) is 11.4 Å². The lowest BCUT2D eigenvalue weighted by molar-refractivity contribution is 0.651. The van der Waals surface area contributed by atoms with E-state index in [1.54, 1.807) is 0 Å². The van der Waals surface area contributed by atoms with Crippen LogP contribution in [0.5, 0.6) is 0 Å². The molecule has 0 fully saturated rings. The fourth-order valence-electron chi connectivity index (χ4n) is 10.7. The molecule has 1 aliphatic carbocycles. The summed E-state index contributed by atoms with van der Waals surface area (Å²) in [7, 11) is 0. The number of aryl methyl sites for hydroxylation is 1. The second kappa shape index (κ2) is 11.1. The lowest BCUT2D eigenvalue weighted by Gasteiger charge is -2.20. The van der Waals surface area contributed by atoms with E-state index in [-0.39, 0.29) is 5.92 Å². The number of hydrogen-bond acceptors (Lipinski definition) is 3. The van der Waals surface area contributed by atoms with Crippen molar-refractivity contribution in [3.05, 3.63) is 181 Å². The molecule has 14 rings (SSSR count). The summed E-state index contributed by atoms with van der Waals surface area (Å²) in [5.41, 5.74) is 13.5. The molecule has 0 N–H and O–H groups in total. The largest absolute Gasteiger partial charge is 0.450 e. The van der Waals surface area contributed by atoms with Crippen molar-refractivity contribution in [1.29, 1.82) is 0 Å². The maximum atomic E-state index is 6.77. The van der Waals surface area contributed by atoms with E-state index in [0.717, 1.165) is 52.0 Å². The van der Waals surface area contributed by atoms with Gasteiger partial charge in [-0.05, 0) is 76.9 Å². The third-order valence-electron chi connectivity index (χ3n) is 13.1. The Labute approximate surface area is 331 Å². The van der Waals surface area contributed by atoms with Gasteiger partial charge in [-0.3, -0.25) is 4.57 Å². The molecule has 0 aliphatic heterocycles. The zero-order chi connectivity index (χ0) is 37.6. The molecule has 13 aromatic rings. The van der Waals surface area contributed by atoms with Crippen molar-refractivity contribution in [1.82, 2.24) is 18.9 Å². The van der Waals surface area contributed by atoms with Crippen LogP contribution in [0.4, 0.5) is 0 Å². The van der Waals surface area contributed by atoms with Crippen molar-refractivity contribution in [3.8, 4) is 16.9 Å². The van der Waals surface area contributed by atoms with Gasteiger partial charge < -0.3 is 8.82 Å². The van der Waals surface area contributed by atoms with E-state index >= 15 is 0 Å². The molecule has 58 heavy (non-hydrogen) atoms. The zero-order valence-electron chi connectivity index (χ0n) is 31.3. The normalized spacial score (nSPS) is 14.6. The second-order valence-electron chi connectivity index (χ2n) is 15.9. The van der Waals surface area contributed by atoms with Crippen LogP contribution < -0.4 is 0 Å². The van der Waals surface area contributed by atoms with Gasteiger partial charge in [0.05, 0.1) is 27.6 Å². The molecule has 0 amide bonds. The summed E-state index contributed by atoms with van der Waals surface area (Å²) in [6, 6.07) is 59.4. The molecule has 0 saturated heterocycles. The van der Waals surface area contributed by atoms with Crippen molar-refractivity contribution in [2.45, 2.75) is 18.8 Å². The first-order chi connectivity index (χ1) is 28.8. The Morgan fingerprint density at radius 3 is 2.02 bits per heavy atom. The van der Waals surface area contributed by atoms with Crippen LogP contribution >= 0.6 is 0 Å². The highest BCUT2D eigenvalue weighted by molar-refractivity contribution is 6.29.